The van der Waals surface area contributed by atoms with Gasteiger partial charge in [0.1, 0.15) is 42.5 Å². The van der Waals surface area contributed by atoms with E-state index in [0.717, 1.165) is 28.7 Å². The molecule has 22 heteroatoms. The summed E-state index contributed by atoms with van der Waals surface area (Å²) in [6.07, 6.45) is -2.76. The van der Waals surface area contributed by atoms with Crippen LogP contribution in [0.2, 0.25) is 0 Å². The number of carboxylic acids is 1. The van der Waals surface area contributed by atoms with Crippen molar-refractivity contribution >= 4 is 60.2 Å². The molecule has 0 fully saturated rings. The lowest BCUT2D eigenvalue weighted by Crippen LogP contribution is -2.56. The largest absolute Gasteiger partial charge is 0.481 e. The van der Waals surface area contributed by atoms with Gasteiger partial charge >= 0.3 is 30.1 Å². The average molecular weight is 1280 g/mol. The molecular weight excluding hydrogens is 1180 g/mol. The number of hydrogen-bond acceptors (Lipinski definition) is 15. The summed E-state index contributed by atoms with van der Waals surface area (Å²) < 4.78 is 21.3. The summed E-state index contributed by atoms with van der Waals surface area (Å²) in [5.41, 5.74) is 7.97. The zero-order valence-electron chi connectivity index (χ0n) is 54.9. The van der Waals surface area contributed by atoms with Crippen LogP contribution in [-0.4, -0.2) is 123 Å². The number of ether oxygens (including phenoxy) is 4. The van der Waals surface area contributed by atoms with Crippen LogP contribution in [0.4, 0.5) is 9.59 Å². The molecular formula is C68H101ClN6O15. The van der Waals surface area contributed by atoms with Crippen molar-refractivity contribution in [2.75, 3.05) is 0 Å². The lowest BCUT2D eigenvalue weighted by atomic mass is 9.95. The zero-order chi connectivity index (χ0) is 67.0. The van der Waals surface area contributed by atoms with Crippen LogP contribution in [0.3, 0.4) is 0 Å². The summed E-state index contributed by atoms with van der Waals surface area (Å²) >= 11 is 0. The molecule has 10 N–H and O–H groups in total. The van der Waals surface area contributed by atoms with Crippen molar-refractivity contribution in [1.29, 1.82) is 0 Å². The van der Waals surface area contributed by atoms with E-state index in [4.69, 9.17) is 29.8 Å². The summed E-state index contributed by atoms with van der Waals surface area (Å²) in [6, 6.07) is 32.4. The van der Waals surface area contributed by atoms with Crippen LogP contribution in [0, 0.1) is 23.7 Å². The van der Waals surface area contributed by atoms with E-state index in [1.54, 1.807) is 55.4 Å². The van der Waals surface area contributed by atoms with Gasteiger partial charge in [0.05, 0.1) is 43.2 Å². The number of amides is 5. The van der Waals surface area contributed by atoms with Gasteiger partial charge < -0.3 is 66.6 Å². The topological polar surface area (TPSA) is 320 Å². The fourth-order valence-electron chi connectivity index (χ4n) is 8.45. The number of halogens is 1. The van der Waals surface area contributed by atoms with Crippen LogP contribution in [0.25, 0.3) is 0 Å². The summed E-state index contributed by atoms with van der Waals surface area (Å²) in [7, 11) is 0. The summed E-state index contributed by atoms with van der Waals surface area (Å²) in [4.78, 5) is 99.2. The number of carbonyl (C=O) groups is 8. The molecule has 0 aromatic heterocycles. The van der Waals surface area contributed by atoms with Crippen molar-refractivity contribution in [1.82, 2.24) is 26.6 Å². The third-order valence-corrected chi connectivity index (χ3v) is 14.0. The second-order valence-electron chi connectivity index (χ2n) is 24.8. The first-order chi connectivity index (χ1) is 41.7. The van der Waals surface area contributed by atoms with Gasteiger partial charge in [0.2, 0.25) is 17.7 Å². The average Bonchev–Trinajstić information content (AvgIpc) is 2.51. The van der Waals surface area contributed by atoms with Crippen molar-refractivity contribution in [2.45, 2.75) is 208 Å². The quantitative estimate of drug-likeness (QED) is 0.0181. The van der Waals surface area contributed by atoms with Gasteiger partial charge in [0.15, 0.2) is 0 Å². The Labute approximate surface area is 538 Å². The number of aliphatic carboxylic acids is 1. The molecule has 0 aliphatic heterocycles. The number of carbonyl (C=O) groups excluding carboxylic acids is 7. The molecule has 500 valence electrons. The van der Waals surface area contributed by atoms with E-state index in [-0.39, 0.29) is 68.0 Å². The van der Waals surface area contributed by atoms with Gasteiger partial charge in [-0.05, 0) is 100 Å². The molecule has 0 aliphatic rings. The van der Waals surface area contributed by atoms with Crippen LogP contribution >= 0.6 is 12.4 Å². The monoisotopic (exact) mass is 1280 g/mol. The van der Waals surface area contributed by atoms with E-state index >= 15 is 0 Å². The maximum absolute atomic E-state index is 13.4. The van der Waals surface area contributed by atoms with Crippen molar-refractivity contribution in [3.05, 3.63) is 144 Å². The van der Waals surface area contributed by atoms with E-state index in [1.807, 2.05) is 163 Å². The van der Waals surface area contributed by atoms with Crippen molar-refractivity contribution in [3.8, 4) is 0 Å². The molecule has 90 heavy (non-hydrogen) atoms. The molecule has 0 saturated carbocycles. The summed E-state index contributed by atoms with van der Waals surface area (Å²) in [5, 5.41) is 43.4. The molecule has 10 atom stereocenters. The highest BCUT2D eigenvalue weighted by Crippen LogP contribution is 2.18. The molecule has 0 saturated heterocycles. The highest BCUT2D eigenvalue weighted by molar-refractivity contribution is 5.91. The number of nitrogens with one attached hydrogen (secondary N) is 5. The number of esters is 2. The highest BCUT2D eigenvalue weighted by atomic mass is 35.5. The van der Waals surface area contributed by atoms with Crippen molar-refractivity contribution < 1.29 is 72.6 Å². The lowest BCUT2D eigenvalue weighted by molar-refractivity contribution is -0.151. The predicted octanol–water partition coefficient (Wildman–Crippen LogP) is 8.91. The van der Waals surface area contributed by atoms with Gasteiger partial charge in [-0.3, -0.25) is 19.2 Å². The normalized spacial score (nSPS) is 14.5. The van der Waals surface area contributed by atoms with Gasteiger partial charge in [0, 0.05) is 0 Å². The number of benzene rings is 4. The maximum Gasteiger partial charge on any atom is 0.407 e. The Hall–Kier alpha value is -7.59. The number of rotatable bonds is 29. The zero-order valence-corrected chi connectivity index (χ0v) is 55.7. The first-order valence-corrected chi connectivity index (χ1v) is 30.4. The smallest absolute Gasteiger partial charge is 0.407 e. The molecule has 0 spiro atoms. The fourth-order valence-corrected chi connectivity index (χ4v) is 8.45. The Morgan fingerprint density at radius 2 is 0.800 bits per heavy atom. The minimum Gasteiger partial charge on any atom is -0.481 e. The van der Waals surface area contributed by atoms with Crippen LogP contribution in [0.1, 0.15) is 145 Å². The molecule has 4 aromatic carbocycles. The second-order valence-corrected chi connectivity index (χ2v) is 24.8. The molecule has 4 rings (SSSR count). The summed E-state index contributed by atoms with van der Waals surface area (Å²) in [6.45, 7) is 25.6. The Morgan fingerprint density at radius 3 is 1.12 bits per heavy atom. The van der Waals surface area contributed by atoms with Gasteiger partial charge in [-0.1, -0.05) is 190 Å². The minimum absolute atomic E-state index is 0. The minimum atomic E-state index is -1.28. The Kier molecular flexibility index (Phi) is 36.6. The van der Waals surface area contributed by atoms with Crippen LogP contribution in [0.15, 0.2) is 121 Å². The van der Waals surface area contributed by atoms with Crippen molar-refractivity contribution in [3.63, 3.8) is 0 Å². The third-order valence-electron chi connectivity index (χ3n) is 14.0. The van der Waals surface area contributed by atoms with Crippen LogP contribution in [-0.2, 0) is 73.8 Å². The standard InChI is InChI=1S/C34H49N3O7.C18H28N2O3.C16H23NO5.ClH/c1-8-23(4)30(31(40)37-29(22(2)3)32(41)43-21-25-17-13-10-14-18-25)36-28(39)20-27(38)26(19-24-15-11-9-12-16-24)35-33(42)44-34(5,6)7;1-5-13(4)15(19)17(21)20-16(12(2)3)18(22)23-11-14-9-7-6-8-10-14;1-16(2,3)22-15(21)17-12(13(18)10-14(19)20)9-11-7-5-4-6-8-11;/h9-18,22-23,26-27,29-30,38H,8,19-21H2,1-7H3,(H,35,42)(H,36,39)(H,37,40);6-10,12-13,15-16H,5,11,19H2,1-4H3,(H,20,21);4-8,12-13,18H,9-10H2,1-3H3,(H,17,21)(H,19,20);1H/t23-,26-,27-,29-,30-;13-,15-,16-;12-,13-;/m000./s1. The van der Waals surface area contributed by atoms with Gasteiger partial charge in [0.25, 0.3) is 0 Å². The van der Waals surface area contributed by atoms with E-state index in [1.165, 1.54) is 0 Å². The molecule has 0 unspecified atom stereocenters. The Bertz CT molecular complexity index is 2770. The van der Waals surface area contributed by atoms with E-state index in [0.29, 0.717) is 12.8 Å². The number of nitrogens with two attached hydrogens (primary N) is 1. The molecule has 0 radical (unpaired) electrons. The third kappa shape index (κ3) is 32.8. The molecule has 4 aromatic rings. The van der Waals surface area contributed by atoms with E-state index in [2.05, 4.69) is 26.6 Å². The van der Waals surface area contributed by atoms with Crippen LogP contribution < -0.4 is 32.3 Å². The molecule has 21 nitrogen and oxygen atoms in total. The number of alkyl carbamates (subject to hydrolysis) is 2. The first kappa shape index (κ1) is 80.4. The number of aliphatic hydroxyl groups is 2. The van der Waals surface area contributed by atoms with Gasteiger partial charge in [-0.25, -0.2) is 19.2 Å². The SMILES string of the molecule is CC(C)(C)OC(=O)N[C@@H](Cc1ccccc1)[C@@H](O)CC(=O)O.CC[C@H](C)[C@H](N)C(=O)N[C@H](C(=O)OCc1ccccc1)C(C)C.CC[C@H](C)[C@H](NC(=O)C[C@H](O)[C@H](Cc1ccccc1)NC(=O)OC(C)(C)C)C(=O)N[C@H](C(=O)OCc1ccccc1)C(C)C.Cl. The van der Waals surface area contributed by atoms with Gasteiger partial charge in [-0.2, -0.15) is 0 Å². The molecule has 0 heterocycles. The first-order valence-electron chi connectivity index (χ1n) is 30.4. The summed E-state index contributed by atoms with van der Waals surface area (Å²) in [5.74, 6) is -4.10. The van der Waals surface area contributed by atoms with Gasteiger partial charge in [-0.15, -0.1) is 12.4 Å². The highest BCUT2D eigenvalue weighted by Gasteiger charge is 2.35. The Balaban J connectivity index is 0.000000740. The fraction of sp³-hybridized carbons (Fsp3) is 0.529. The number of hydrogen-bond donors (Lipinski definition) is 9. The van der Waals surface area contributed by atoms with Crippen LogP contribution in [0.5, 0.6) is 0 Å². The maximum atomic E-state index is 13.4. The second kappa shape index (κ2) is 40.9. The lowest BCUT2D eigenvalue weighted by Gasteiger charge is -2.29. The van der Waals surface area contributed by atoms with E-state index < -0.39 is 108 Å². The Morgan fingerprint density at radius 1 is 0.467 bits per heavy atom. The number of aliphatic hydroxyl groups excluding tert-OH is 2. The molecule has 0 bridgehead atoms. The van der Waals surface area contributed by atoms with Crippen molar-refractivity contribution in [2.24, 2.45) is 29.4 Å². The molecule has 0 aliphatic carbocycles. The molecule has 5 amide bonds. The number of carboxylic acid groups (broad SMARTS) is 1. The van der Waals surface area contributed by atoms with E-state index in [9.17, 15) is 48.6 Å². The predicted molar refractivity (Wildman–Crippen MR) is 348 cm³/mol.